The third-order valence-corrected chi connectivity index (χ3v) is 8.25. The molecule has 12 heteroatoms. The Bertz CT molecular complexity index is 1270. The lowest BCUT2D eigenvalue weighted by Crippen LogP contribution is -2.34. The van der Waals surface area contributed by atoms with Crippen LogP contribution in [0, 0.1) is 17.2 Å². The summed E-state index contributed by atoms with van der Waals surface area (Å²) in [6, 6.07) is 6.32. The van der Waals surface area contributed by atoms with Crippen LogP contribution in [0.15, 0.2) is 18.2 Å². The van der Waals surface area contributed by atoms with Crippen molar-refractivity contribution in [1.29, 1.82) is 5.26 Å². The number of carbonyl (C=O) groups is 1. The van der Waals surface area contributed by atoms with Gasteiger partial charge in [0.1, 0.15) is 21.7 Å². The summed E-state index contributed by atoms with van der Waals surface area (Å²) < 4.78 is 68.7. The van der Waals surface area contributed by atoms with Gasteiger partial charge in [0.2, 0.25) is 0 Å². The molecule has 1 N–H and O–H groups in total. The Kier molecular flexibility index (Phi) is 8.89. The van der Waals surface area contributed by atoms with Crippen molar-refractivity contribution in [3.63, 3.8) is 0 Å². The van der Waals surface area contributed by atoms with Crippen molar-refractivity contribution < 1.29 is 31.1 Å². The van der Waals surface area contributed by atoms with Crippen LogP contribution in [0.3, 0.4) is 0 Å². The molecule has 1 heterocycles. The molecular formula is C25H31F3N4O4S. The second-order valence-electron chi connectivity index (χ2n) is 9.31. The number of benzene rings is 1. The molecule has 1 fully saturated rings. The number of imidazole rings is 1. The molecule has 1 saturated carbocycles. The molecule has 1 amide bonds. The SMILES string of the molecule is CCCc1ccc(-n2c(CC)nc(C(=O)NCC3CCC(S(C)(=O)=O)CC3)c2C#N)c(OC(F)(F)F)c1. The van der Waals surface area contributed by atoms with E-state index in [0.717, 1.165) is 6.42 Å². The van der Waals surface area contributed by atoms with Crippen LogP contribution < -0.4 is 10.1 Å². The van der Waals surface area contributed by atoms with Gasteiger partial charge in [-0.3, -0.25) is 9.36 Å². The molecule has 0 spiro atoms. The average molecular weight is 541 g/mol. The summed E-state index contributed by atoms with van der Waals surface area (Å²) in [5.41, 5.74) is 0.243. The minimum atomic E-state index is -4.95. The van der Waals surface area contributed by atoms with E-state index in [1.165, 1.54) is 23.0 Å². The number of aromatic nitrogens is 2. The van der Waals surface area contributed by atoms with Gasteiger partial charge in [-0.15, -0.1) is 13.2 Å². The number of carbonyl (C=O) groups excluding carboxylic acids is 1. The highest BCUT2D eigenvalue weighted by atomic mass is 32.2. The van der Waals surface area contributed by atoms with Crippen LogP contribution in [0.5, 0.6) is 5.75 Å². The van der Waals surface area contributed by atoms with E-state index in [1.54, 1.807) is 13.0 Å². The smallest absolute Gasteiger partial charge is 0.404 e. The van der Waals surface area contributed by atoms with Crippen LogP contribution in [0.1, 0.15) is 73.5 Å². The van der Waals surface area contributed by atoms with Crippen LogP contribution in [0.4, 0.5) is 13.2 Å². The third kappa shape index (κ3) is 7.03. The molecule has 0 unspecified atom stereocenters. The van der Waals surface area contributed by atoms with Gasteiger partial charge in [0.15, 0.2) is 17.1 Å². The van der Waals surface area contributed by atoms with E-state index in [0.29, 0.717) is 37.7 Å². The number of amides is 1. The van der Waals surface area contributed by atoms with Gasteiger partial charge >= 0.3 is 6.36 Å². The van der Waals surface area contributed by atoms with Gasteiger partial charge in [-0.2, -0.15) is 5.26 Å². The molecule has 0 radical (unpaired) electrons. The Morgan fingerprint density at radius 2 is 1.92 bits per heavy atom. The molecule has 2 aromatic rings. The van der Waals surface area contributed by atoms with Gasteiger partial charge in [0, 0.05) is 19.2 Å². The first kappa shape index (κ1) is 28.5. The molecule has 202 valence electrons. The Morgan fingerprint density at radius 1 is 1.24 bits per heavy atom. The van der Waals surface area contributed by atoms with Crippen LogP contribution in [0.25, 0.3) is 5.69 Å². The Hall–Kier alpha value is -3.07. The van der Waals surface area contributed by atoms with Gasteiger partial charge in [-0.1, -0.05) is 26.3 Å². The Morgan fingerprint density at radius 3 is 2.46 bits per heavy atom. The zero-order chi connectivity index (χ0) is 27.4. The number of nitriles is 1. The Balaban J connectivity index is 1.89. The molecule has 0 saturated heterocycles. The summed E-state index contributed by atoms with van der Waals surface area (Å²) in [4.78, 5) is 17.3. The molecule has 0 bridgehead atoms. The van der Waals surface area contributed by atoms with Gasteiger partial charge < -0.3 is 10.1 Å². The predicted octanol–water partition coefficient (Wildman–Crippen LogP) is 4.49. The number of alkyl halides is 3. The number of hydrogen-bond donors (Lipinski definition) is 1. The van der Waals surface area contributed by atoms with Crippen LogP contribution in [0.2, 0.25) is 0 Å². The van der Waals surface area contributed by atoms with Crippen molar-refractivity contribution in [2.24, 2.45) is 5.92 Å². The number of aryl methyl sites for hydroxylation is 2. The lowest BCUT2D eigenvalue weighted by molar-refractivity contribution is -0.274. The standard InChI is InChI=1S/C25H31F3N4O4S/c1-4-6-16-9-12-19(21(13-16)36-25(26,27)28)32-20(14-29)23(31-22(32)5-2)24(33)30-15-17-7-10-18(11-8-17)37(3,34)35/h9,12-13,17-18H,4-8,10-11,15H2,1-3H3,(H,30,33). The number of nitrogens with zero attached hydrogens (tertiary/aromatic N) is 3. The third-order valence-electron chi connectivity index (χ3n) is 6.56. The van der Waals surface area contributed by atoms with Crippen LogP contribution >= 0.6 is 0 Å². The van der Waals surface area contributed by atoms with Gasteiger partial charge in [-0.25, -0.2) is 13.4 Å². The first-order valence-electron chi connectivity index (χ1n) is 12.3. The summed E-state index contributed by atoms with van der Waals surface area (Å²) >= 11 is 0. The van der Waals surface area contributed by atoms with E-state index in [4.69, 9.17) is 0 Å². The van der Waals surface area contributed by atoms with Crippen molar-refractivity contribution in [2.75, 3.05) is 12.8 Å². The molecule has 8 nitrogen and oxygen atoms in total. The first-order chi connectivity index (χ1) is 17.4. The predicted molar refractivity (Wildman–Crippen MR) is 131 cm³/mol. The summed E-state index contributed by atoms with van der Waals surface area (Å²) in [6.45, 7) is 3.90. The van der Waals surface area contributed by atoms with E-state index in [2.05, 4.69) is 15.0 Å². The maximum Gasteiger partial charge on any atom is 0.573 e. The van der Waals surface area contributed by atoms with E-state index < -0.39 is 27.9 Å². The van der Waals surface area contributed by atoms with Gasteiger partial charge in [0.05, 0.1) is 10.9 Å². The number of sulfone groups is 1. The van der Waals surface area contributed by atoms with Gasteiger partial charge in [0.25, 0.3) is 5.91 Å². The zero-order valence-electron chi connectivity index (χ0n) is 21.1. The molecule has 0 atom stereocenters. The molecule has 37 heavy (non-hydrogen) atoms. The lowest BCUT2D eigenvalue weighted by atomic mass is 9.89. The van der Waals surface area contributed by atoms with E-state index in [9.17, 15) is 31.6 Å². The van der Waals surface area contributed by atoms with E-state index >= 15 is 0 Å². The number of nitrogens with one attached hydrogen (secondary N) is 1. The second-order valence-corrected chi connectivity index (χ2v) is 11.6. The monoisotopic (exact) mass is 540 g/mol. The highest BCUT2D eigenvalue weighted by Gasteiger charge is 2.34. The quantitative estimate of drug-likeness (QED) is 0.501. The fraction of sp³-hybridized carbons (Fsp3) is 0.560. The fourth-order valence-corrected chi connectivity index (χ4v) is 5.83. The molecule has 1 aliphatic carbocycles. The minimum Gasteiger partial charge on any atom is -0.404 e. The number of rotatable bonds is 9. The Labute approximate surface area is 214 Å². The maximum atomic E-state index is 13.2. The number of ether oxygens (including phenoxy) is 1. The van der Waals surface area contributed by atoms with E-state index in [1.807, 2.05) is 13.0 Å². The van der Waals surface area contributed by atoms with Crippen molar-refractivity contribution in [2.45, 2.75) is 70.4 Å². The summed E-state index contributed by atoms with van der Waals surface area (Å²) in [6.07, 6.45) is 0.118. The second kappa shape index (κ2) is 11.5. The van der Waals surface area contributed by atoms with Crippen molar-refractivity contribution in [1.82, 2.24) is 14.9 Å². The molecule has 1 aromatic heterocycles. The summed E-state index contributed by atoms with van der Waals surface area (Å²) in [7, 11) is -3.10. The van der Waals surface area contributed by atoms with E-state index in [-0.39, 0.29) is 47.0 Å². The molecular weight excluding hydrogens is 509 g/mol. The van der Waals surface area contributed by atoms with Gasteiger partial charge in [-0.05, 0) is 55.7 Å². The maximum absolute atomic E-state index is 13.2. The van der Waals surface area contributed by atoms with Crippen molar-refractivity contribution in [3.05, 3.63) is 41.0 Å². The molecule has 1 aromatic carbocycles. The number of halogens is 3. The lowest BCUT2D eigenvalue weighted by Gasteiger charge is -2.27. The zero-order valence-corrected chi connectivity index (χ0v) is 21.9. The first-order valence-corrected chi connectivity index (χ1v) is 14.2. The molecule has 0 aliphatic heterocycles. The number of hydrogen-bond acceptors (Lipinski definition) is 6. The average Bonchev–Trinajstić information content (AvgIpc) is 3.20. The fourth-order valence-electron chi connectivity index (χ4n) is 4.70. The summed E-state index contributed by atoms with van der Waals surface area (Å²) in [5.74, 6) is -0.767. The highest BCUT2D eigenvalue weighted by Crippen LogP contribution is 2.33. The topological polar surface area (TPSA) is 114 Å². The molecule has 1 aliphatic rings. The van der Waals surface area contributed by atoms with Crippen LogP contribution in [-0.4, -0.2) is 48.3 Å². The van der Waals surface area contributed by atoms with Crippen LogP contribution in [-0.2, 0) is 22.7 Å². The highest BCUT2D eigenvalue weighted by molar-refractivity contribution is 7.91. The van der Waals surface area contributed by atoms with Crippen molar-refractivity contribution in [3.8, 4) is 17.5 Å². The summed E-state index contributed by atoms with van der Waals surface area (Å²) in [5, 5.41) is 12.3. The largest absolute Gasteiger partial charge is 0.573 e. The minimum absolute atomic E-state index is 0.0313. The molecule has 3 rings (SSSR count). The van der Waals surface area contributed by atoms with Crippen molar-refractivity contribution >= 4 is 15.7 Å². The normalized spacial score (nSPS) is 18.3.